The highest BCUT2D eigenvalue weighted by molar-refractivity contribution is 8.00. The summed E-state index contributed by atoms with van der Waals surface area (Å²) >= 11 is 1.87. The van der Waals surface area contributed by atoms with E-state index in [0.29, 0.717) is 11.8 Å². The van der Waals surface area contributed by atoms with Crippen LogP contribution in [0.4, 0.5) is 4.79 Å². The van der Waals surface area contributed by atoms with Crippen molar-refractivity contribution in [2.75, 3.05) is 12.3 Å². The summed E-state index contributed by atoms with van der Waals surface area (Å²) in [5.74, 6) is 0.236. The number of aliphatic carboxylic acids is 1. The van der Waals surface area contributed by atoms with E-state index in [-0.39, 0.29) is 24.5 Å². The number of carboxylic acids is 1. The third-order valence-electron chi connectivity index (χ3n) is 4.04. The largest absolute Gasteiger partial charge is 0.481 e. The zero-order chi connectivity index (χ0) is 17.4. The van der Waals surface area contributed by atoms with Crippen LogP contribution in [0.3, 0.4) is 0 Å². The van der Waals surface area contributed by atoms with Gasteiger partial charge in [0.1, 0.15) is 0 Å². The molecule has 0 aliphatic carbocycles. The number of aromatic nitrogens is 2. The lowest BCUT2D eigenvalue weighted by molar-refractivity contribution is -0.137. The van der Waals surface area contributed by atoms with Crippen LogP contribution in [-0.4, -0.2) is 56.7 Å². The summed E-state index contributed by atoms with van der Waals surface area (Å²) in [4.78, 5) is 28.2. The fraction of sp³-hybridized carbons (Fsp3) is 0.667. The first-order valence-corrected chi connectivity index (χ1v) is 9.22. The van der Waals surface area contributed by atoms with Gasteiger partial charge in [-0.1, -0.05) is 6.42 Å². The van der Waals surface area contributed by atoms with Gasteiger partial charge in [-0.3, -0.25) is 4.79 Å². The maximum absolute atomic E-state index is 11.1. The molecule has 0 bridgehead atoms. The summed E-state index contributed by atoms with van der Waals surface area (Å²) in [6, 6.07) is 0.440. The Labute approximate surface area is 145 Å². The van der Waals surface area contributed by atoms with Crippen molar-refractivity contribution in [2.24, 2.45) is 5.73 Å². The monoisotopic (exact) mass is 355 g/mol. The number of amides is 2. The van der Waals surface area contributed by atoms with Crippen LogP contribution in [0.25, 0.3) is 0 Å². The molecule has 2 fully saturated rings. The molecular weight excluding hydrogens is 330 g/mol. The number of nitrogens with one attached hydrogen (secondary N) is 3. The average Bonchev–Trinajstić information content (AvgIpc) is 3.23. The molecule has 3 rings (SSSR count). The van der Waals surface area contributed by atoms with Crippen LogP contribution >= 0.6 is 11.8 Å². The normalized spacial score (nSPS) is 24.5. The average molecular weight is 355 g/mol. The first-order valence-electron chi connectivity index (χ1n) is 8.18. The van der Waals surface area contributed by atoms with Gasteiger partial charge in [-0.25, -0.2) is 9.78 Å². The minimum atomic E-state index is -0.729. The number of urea groups is 1. The summed E-state index contributed by atoms with van der Waals surface area (Å²) in [6.45, 7) is 0.683. The Morgan fingerprint density at radius 1 is 1.42 bits per heavy atom. The fourth-order valence-electron chi connectivity index (χ4n) is 2.84. The van der Waals surface area contributed by atoms with E-state index in [9.17, 15) is 9.59 Å². The number of fused-ring (bicyclic) bond motifs is 1. The van der Waals surface area contributed by atoms with Gasteiger partial charge in [0.25, 0.3) is 0 Å². The molecule has 0 unspecified atom stereocenters. The van der Waals surface area contributed by atoms with Crippen LogP contribution in [0.2, 0.25) is 0 Å². The molecule has 6 N–H and O–H groups in total. The van der Waals surface area contributed by atoms with Gasteiger partial charge >= 0.3 is 12.0 Å². The smallest absolute Gasteiger partial charge is 0.315 e. The Hall–Kier alpha value is -1.74. The highest BCUT2D eigenvalue weighted by atomic mass is 32.2. The molecule has 0 aromatic carbocycles. The van der Waals surface area contributed by atoms with Gasteiger partial charge in [0.15, 0.2) is 0 Å². The molecule has 8 nitrogen and oxygen atoms in total. The molecule has 2 saturated heterocycles. The van der Waals surface area contributed by atoms with Crippen molar-refractivity contribution in [3.63, 3.8) is 0 Å². The predicted octanol–water partition coefficient (Wildman–Crippen LogP) is 0.708. The number of unbranched alkanes of at least 4 members (excludes halogenated alkanes) is 1. The molecule has 2 amide bonds. The molecule has 0 saturated carbocycles. The number of carboxylic acid groups (broad SMARTS) is 1. The molecule has 3 heterocycles. The van der Waals surface area contributed by atoms with E-state index in [1.54, 1.807) is 12.5 Å². The summed E-state index contributed by atoms with van der Waals surface area (Å²) < 4.78 is 0. The zero-order valence-electron chi connectivity index (χ0n) is 13.5. The van der Waals surface area contributed by atoms with Crippen LogP contribution in [0, 0.1) is 0 Å². The SMILES string of the molecule is NCCc1cnc[nH]1.O=C(O)CCCC[C@@H]1SC[C@@H]2NC(=O)N[C@@H]21. The quantitative estimate of drug-likeness (QED) is 0.361. The number of imidazole rings is 1. The fourth-order valence-corrected chi connectivity index (χ4v) is 4.39. The maximum atomic E-state index is 11.1. The second kappa shape index (κ2) is 9.53. The third-order valence-corrected chi connectivity index (χ3v) is 5.54. The molecule has 24 heavy (non-hydrogen) atoms. The maximum Gasteiger partial charge on any atom is 0.315 e. The van der Waals surface area contributed by atoms with Crippen molar-refractivity contribution in [3.05, 3.63) is 18.2 Å². The Morgan fingerprint density at radius 2 is 2.25 bits per heavy atom. The molecular formula is C15H25N5O3S. The third kappa shape index (κ3) is 5.72. The van der Waals surface area contributed by atoms with Crippen LogP contribution in [-0.2, 0) is 11.2 Å². The number of hydrogen-bond acceptors (Lipinski definition) is 5. The summed E-state index contributed by atoms with van der Waals surface area (Å²) in [6.07, 6.45) is 7.21. The summed E-state index contributed by atoms with van der Waals surface area (Å²) in [7, 11) is 0. The first kappa shape index (κ1) is 18.6. The van der Waals surface area contributed by atoms with Crippen molar-refractivity contribution in [2.45, 2.75) is 49.4 Å². The van der Waals surface area contributed by atoms with E-state index >= 15 is 0 Å². The van der Waals surface area contributed by atoms with E-state index < -0.39 is 5.97 Å². The van der Waals surface area contributed by atoms with E-state index in [4.69, 9.17) is 10.8 Å². The molecule has 1 aromatic rings. The number of rotatable bonds is 7. The topological polar surface area (TPSA) is 133 Å². The van der Waals surface area contributed by atoms with Crippen molar-refractivity contribution < 1.29 is 14.7 Å². The summed E-state index contributed by atoms with van der Waals surface area (Å²) in [5, 5.41) is 14.8. The standard InChI is InChI=1S/C10H16N2O3S.C5H9N3/c13-8(14)4-2-1-3-7-9-6(5-16-7)11-10(15)12-9;6-2-1-5-3-7-4-8-5/h6-7,9H,1-5H2,(H,13,14)(H2,11,12,15);3-4H,1-2,6H2,(H,7,8)/t6-,7-,9-;/m0./s1. The van der Waals surface area contributed by atoms with E-state index in [0.717, 1.165) is 37.1 Å². The number of hydrogen-bond donors (Lipinski definition) is 5. The number of carbonyl (C=O) groups excluding carboxylic acids is 1. The van der Waals surface area contributed by atoms with E-state index in [2.05, 4.69) is 20.6 Å². The predicted molar refractivity (Wildman–Crippen MR) is 92.9 cm³/mol. The highest BCUT2D eigenvalue weighted by Gasteiger charge is 2.42. The molecule has 0 spiro atoms. The van der Waals surface area contributed by atoms with Gasteiger partial charge in [-0.15, -0.1) is 0 Å². The van der Waals surface area contributed by atoms with Crippen molar-refractivity contribution in [1.29, 1.82) is 0 Å². The van der Waals surface area contributed by atoms with Gasteiger partial charge < -0.3 is 26.5 Å². The van der Waals surface area contributed by atoms with E-state index in [1.165, 1.54) is 0 Å². The Morgan fingerprint density at radius 3 is 2.92 bits per heavy atom. The molecule has 2 aliphatic heterocycles. The second-order valence-electron chi connectivity index (χ2n) is 5.88. The van der Waals surface area contributed by atoms with Crippen LogP contribution < -0.4 is 16.4 Å². The number of nitrogens with zero attached hydrogens (tertiary/aromatic N) is 1. The second-order valence-corrected chi connectivity index (χ2v) is 7.15. The van der Waals surface area contributed by atoms with Crippen molar-refractivity contribution in [1.82, 2.24) is 20.6 Å². The van der Waals surface area contributed by atoms with Crippen LogP contribution in [0.5, 0.6) is 0 Å². The van der Waals surface area contributed by atoms with Crippen LogP contribution in [0.15, 0.2) is 12.5 Å². The lowest BCUT2D eigenvalue weighted by Gasteiger charge is -2.16. The lowest BCUT2D eigenvalue weighted by atomic mass is 10.0. The molecule has 0 radical (unpaired) electrons. The Kier molecular flexibility index (Phi) is 7.38. The molecule has 9 heteroatoms. The molecule has 2 aliphatic rings. The number of H-pyrrole nitrogens is 1. The molecule has 1 aromatic heterocycles. The van der Waals surface area contributed by atoms with Gasteiger partial charge in [0.05, 0.1) is 18.4 Å². The van der Waals surface area contributed by atoms with Gasteiger partial charge in [0, 0.05) is 35.7 Å². The van der Waals surface area contributed by atoms with Gasteiger partial charge in [-0.05, 0) is 19.4 Å². The molecule has 3 atom stereocenters. The number of nitrogens with two attached hydrogens (primary N) is 1. The lowest BCUT2D eigenvalue weighted by Crippen LogP contribution is -2.36. The van der Waals surface area contributed by atoms with Gasteiger partial charge in [0.2, 0.25) is 0 Å². The molecule has 134 valence electrons. The number of carbonyl (C=O) groups is 2. The van der Waals surface area contributed by atoms with Gasteiger partial charge in [-0.2, -0.15) is 11.8 Å². The summed E-state index contributed by atoms with van der Waals surface area (Å²) in [5.41, 5.74) is 6.38. The van der Waals surface area contributed by atoms with E-state index in [1.807, 2.05) is 11.8 Å². The number of thioether (sulfide) groups is 1. The van der Waals surface area contributed by atoms with Crippen molar-refractivity contribution in [3.8, 4) is 0 Å². The number of aromatic amines is 1. The van der Waals surface area contributed by atoms with Crippen LogP contribution in [0.1, 0.15) is 31.4 Å². The first-order chi connectivity index (χ1) is 11.6. The Balaban J connectivity index is 0.000000219. The zero-order valence-corrected chi connectivity index (χ0v) is 14.3. The minimum absolute atomic E-state index is 0.0640. The van der Waals surface area contributed by atoms with Crippen molar-refractivity contribution >= 4 is 23.8 Å². The minimum Gasteiger partial charge on any atom is -0.481 e. The Bertz CT molecular complexity index is 525. The highest BCUT2D eigenvalue weighted by Crippen LogP contribution is 2.33.